The Hall–Kier alpha value is -3.03. The Morgan fingerprint density at radius 1 is 0.969 bits per heavy atom. The van der Waals surface area contributed by atoms with Crippen molar-refractivity contribution in [1.82, 2.24) is 4.98 Å². The van der Waals surface area contributed by atoms with Gasteiger partial charge in [0.2, 0.25) is 0 Å². The summed E-state index contributed by atoms with van der Waals surface area (Å²) in [6, 6.07) is 17.9. The molecule has 4 rings (SSSR count). The number of nitrogens with zero attached hydrogens (tertiary/aromatic N) is 2. The van der Waals surface area contributed by atoms with Gasteiger partial charge >= 0.3 is 0 Å². The molecule has 0 atom stereocenters. The first-order chi connectivity index (χ1) is 15.5. The molecule has 1 aromatic heterocycles. The number of ether oxygens (including phenoxy) is 1. The fourth-order valence-electron chi connectivity index (χ4n) is 3.52. The molecule has 166 valence electrons. The van der Waals surface area contributed by atoms with Gasteiger partial charge in [-0.3, -0.25) is 9.71 Å². The first kappa shape index (κ1) is 22.2. The zero-order valence-electron chi connectivity index (χ0n) is 17.4. The molecule has 1 saturated heterocycles. The summed E-state index contributed by atoms with van der Waals surface area (Å²) in [7, 11) is -3.63. The van der Waals surface area contributed by atoms with E-state index in [9.17, 15) is 8.42 Å². The Balaban J connectivity index is 1.29. The summed E-state index contributed by atoms with van der Waals surface area (Å²) in [4.78, 5) is 6.40. The quantitative estimate of drug-likeness (QED) is 0.515. The van der Waals surface area contributed by atoms with Crippen LogP contribution in [0.3, 0.4) is 0 Å². The van der Waals surface area contributed by atoms with Crippen LogP contribution < -0.4 is 14.4 Å². The van der Waals surface area contributed by atoms with Crippen molar-refractivity contribution in [3.8, 4) is 5.75 Å². The van der Waals surface area contributed by atoms with Gasteiger partial charge < -0.3 is 9.64 Å². The topological polar surface area (TPSA) is 71.5 Å². The molecule has 0 unspecified atom stereocenters. The van der Waals surface area contributed by atoms with Crippen molar-refractivity contribution in [2.45, 2.75) is 18.9 Å². The number of hydrogen-bond donors (Lipinski definition) is 1. The highest BCUT2D eigenvalue weighted by Crippen LogP contribution is 2.24. The third kappa shape index (κ3) is 6.24. The van der Waals surface area contributed by atoms with Crippen LogP contribution in [0.15, 0.2) is 78.5 Å². The average Bonchev–Trinajstić information content (AvgIpc) is 2.81. The van der Waals surface area contributed by atoms with E-state index in [2.05, 4.69) is 14.6 Å². The highest BCUT2D eigenvalue weighted by Gasteiger charge is 2.20. The summed E-state index contributed by atoms with van der Waals surface area (Å²) >= 11 is 5.85. The maximum absolute atomic E-state index is 12.3. The molecule has 2 heterocycles. The standard InChI is InChI=1S/C24H24ClN3O3S/c25-20-3-1-19(2-4-20)13-18-32(29,30)27-21-5-7-23(8-6-21)31-24-11-16-28(17-12-24)22-9-14-26-15-10-22/h1-10,13-15,18,24,27H,11-12,16-17H2. The van der Waals surface area contributed by atoms with Crippen LogP contribution in [0.1, 0.15) is 18.4 Å². The lowest BCUT2D eigenvalue weighted by Crippen LogP contribution is -2.38. The van der Waals surface area contributed by atoms with Crippen LogP contribution in [0.4, 0.5) is 11.4 Å². The van der Waals surface area contributed by atoms with Gasteiger partial charge in [-0.1, -0.05) is 23.7 Å². The summed E-state index contributed by atoms with van der Waals surface area (Å²) in [6.45, 7) is 1.85. The van der Waals surface area contributed by atoms with E-state index in [-0.39, 0.29) is 6.10 Å². The number of nitrogens with one attached hydrogen (secondary N) is 1. The van der Waals surface area contributed by atoms with Gasteiger partial charge in [-0.25, -0.2) is 8.42 Å². The van der Waals surface area contributed by atoms with Crippen molar-refractivity contribution in [2.24, 2.45) is 0 Å². The van der Waals surface area contributed by atoms with Crippen LogP contribution in [0.25, 0.3) is 6.08 Å². The van der Waals surface area contributed by atoms with Crippen LogP contribution in [-0.4, -0.2) is 32.6 Å². The molecule has 2 aromatic carbocycles. The molecule has 8 heteroatoms. The molecule has 6 nitrogen and oxygen atoms in total. The van der Waals surface area contributed by atoms with Gasteiger partial charge in [0.15, 0.2) is 0 Å². The van der Waals surface area contributed by atoms with E-state index < -0.39 is 10.0 Å². The van der Waals surface area contributed by atoms with Crippen LogP contribution in [0.2, 0.25) is 5.02 Å². The fraction of sp³-hybridized carbons (Fsp3) is 0.208. The first-order valence-corrected chi connectivity index (χ1v) is 12.3. The molecule has 0 bridgehead atoms. The molecule has 0 amide bonds. The van der Waals surface area contributed by atoms with Gasteiger partial charge in [0, 0.05) is 54.7 Å². The zero-order chi connectivity index (χ0) is 22.4. The van der Waals surface area contributed by atoms with Crippen LogP contribution >= 0.6 is 11.6 Å². The molecular formula is C24H24ClN3O3S. The number of pyridine rings is 1. The molecule has 0 radical (unpaired) electrons. The smallest absolute Gasteiger partial charge is 0.255 e. The predicted molar refractivity (Wildman–Crippen MR) is 130 cm³/mol. The van der Waals surface area contributed by atoms with Gasteiger partial charge in [-0.05, 0) is 60.2 Å². The monoisotopic (exact) mass is 469 g/mol. The van der Waals surface area contributed by atoms with Crippen LogP contribution in [0, 0.1) is 0 Å². The molecular weight excluding hydrogens is 446 g/mol. The first-order valence-electron chi connectivity index (χ1n) is 10.3. The number of halogens is 1. The van der Waals surface area contributed by atoms with Crippen molar-refractivity contribution in [3.63, 3.8) is 0 Å². The Kier molecular flexibility index (Phi) is 6.97. The van der Waals surface area contributed by atoms with E-state index in [1.807, 2.05) is 12.1 Å². The minimum atomic E-state index is -3.63. The Labute approximate surface area is 193 Å². The number of piperidine rings is 1. The van der Waals surface area contributed by atoms with Crippen LogP contribution in [0.5, 0.6) is 5.75 Å². The van der Waals surface area contributed by atoms with Crippen molar-refractivity contribution in [2.75, 3.05) is 22.7 Å². The van der Waals surface area contributed by atoms with Gasteiger partial charge in [0.25, 0.3) is 10.0 Å². The van der Waals surface area contributed by atoms with Gasteiger partial charge in [0.1, 0.15) is 11.9 Å². The van der Waals surface area contributed by atoms with E-state index in [1.54, 1.807) is 60.9 Å². The molecule has 1 aliphatic heterocycles. The average molecular weight is 470 g/mol. The largest absolute Gasteiger partial charge is 0.490 e. The second-order valence-electron chi connectivity index (χ2n) is 7.54. The van der Waals surface area contributed by atoms with Crippen molar-refractivity contribution in [1.29, 1.82) is 0 Å². The third-order valence-corrected chi connectivity index (χ3v) is 6.46. The third-order valence-electron chi connectivity index (χ3n) is 5.20. The van der Waals surface area contributed by atoms with Gasteiger partial charge in [-0.15, -0.1) is 0 Å². The molecule has 0 spiro atoms. The second kappa shape index (κ2) is 10.1. The summed E-state index contributed by atoms with van der Waals surface area (Å²) in [5.41, 5.74) is 2.41. The predicted octanol–water partition coefficient (Wildman–Crippen LogP) is 5.20. The van der Waals surface area contributed by atoms with E-state index in [0.29, 0.717) is 10.7 Å². The normalized spacial score (nSPS) is 15.1. The molecule has 32 heavy (non-hydrogen) atoms. The molecule has 1 aliphatic rings. The molecule has 0 aliphatic carbocycles. The van der Waals surface area contributed by atoms with Crippen LogP contribution in [-0.2, 0) is 10.0 Å². The van der Waals surface area contributed by atoms with Crippen molar-refractivity contribution < 1.29 is 13.2 Å². The Bertz CT molecular complexity index is 1140. The lowest BCUT2D eigenvalue weighted by Gasteiger charge is -2.33. The van der Waals surface area contributed by atoms with Crippen molar-refractivity contribution in [3.05, 3.63) is 89.1 Å². The fourth-order valence-corrected chi connectivity index (χ4v) is 4.52. The van der Waals surface area contributed by atoms with Gasteiger partial charge in [-0.2, -0.15) is 0 Å². The number of anilines is 2. The maximum atomic E-state index is 12.3. The lowest BCUT2D eigenvalue weighted by molar-refractivity contribution is 0.171. The second-order valence-corrected chi connectivity index (χ2v) is 9.54. The number of sulfonamides is 1. The molecule has 1 N–H and O–H groups in total. The summed E-state index contributed by atoms with van der Waals surface area (Å²) in [5, 5.41) is 1.74. The van der Waals surface area contributed by atoms with Gasteiger partial charge in [0.05, 0.1) is 5.41 Å². The lowest BCUT2D eigenvalue weighted by atomic mass is 10.1. The minimum Gasteiger partial charge on any atom is -0.490 e. The van der Waals surface area contributed by atoms with E-state index in [1.165, 1.54) is 11.8 Å². The zero-order valence-corrected chi connectivity index (χ0v) is 19.0. The highest BCUT2D eigenvalue weighted by atomic mass is 35.5. The van der Waals surface area contributed by atoms with Crippen molar-refractivity contribution >= 4 is 39.1 Å². The maximum Gasteiger partial charge on any atom is 0.255 e. The summed E-state index contributed by atoms with van der Waals surface area (Å²) in [6.07, 6.45) is 7.12. The number of hydrogen-bond acceptors (Lipinski definition) is 5. The highest BCUT2D eigenvalue weighted by molar-refractivity contribution is 7.95. The van der Waals surface area contributed by atoms with E-state index >= 15 is 0 Å². The van der Waals surface area contributed by atoms with E-state index in [4.69, 9.17) is 16.3 Å². The summed E-state index contributed by atoms with van der Waals surface area (Å²) < 4.78 is 33.3. The minimum absolute atomic E-state index is 0.137. The molecule has 1 fully saturated rings. The Morgan fingerprint density at radius 3 is 2.28 bits per heavy atom. The van der Waals surface area contributed by atoms with E-state index in [0.717, 1.165) is 42.7 Å². The SMILES string of the molecule is O=S(=O)(C=Cc1ccc(Cl)cc1)Nc1ccc(OC2CCN(c3ccncc3)CC2)cc1. The number of rotatable bonds is 7. The number of aromatic nitrogens is 1. The molecule has 0 saturated carbocycles. The summed E-state index contributed by atoms with van der Waals surface area (Å²) in [5.74, 6) is 0.729. The Morgan fingerprint density at radius 2 is 1.62 bits per heavy atom. The molecule has 3 aromatic rings. The number of benzene rings is 2.